The molecule has 0 saturated heterocycles. The van der Waals surface area contributed by atoms with E-state index in [0.29, 0.717) is 18.7 Å². The van der Waals surface area contributed by atoms with Crippen LogP contribution in [0.1, 0.15) is 18.1 Å². The number of aryl methyl sites for hydroxylation is 1. The van der Waals surface area contributed by atoms with E-state index in [9.17, 15) is 9.18 Å². The number of nitrogens with one attached hydrogen (secondary N) is 1. The summed E-state index contributed by atoms with van der Waals surface area (Å²) in [5.74, 6) is -0.514. The SMILES string of the molecule is Cc1cc(CNC(=O)C(C)Cn2cncn2)ccc1F. The average Bonchev–Trinajstić information content (AvgIpc) is 2.92. The van der Waals surface area contributed by atoms with Crippen LogP contribution >= 0.6 is 0 Å². The molecule has 0 saturated carbocycles. The van der Waals surface area contributed by atoms with E-state index in [2.05, 4.69) is 15.4 Å². The summed E-state index contributed by atoms with van der Waals surface area (Å²) in [6.07, 6.45) is 3.01. The van der Waals surface area contributed by atoms with Crippen molar-refractivity contribution in [1.29, 1.82) is 0 Å². The molecule has 0 aliphatic heterocycles. The van der Waals surface area contributed by atoms with Crippen molar-refractivity contribution in [3.8, 4) is 0 Å². The Kier molecular flexibility index (Phi) is 4.45. The fourth-order valence-electron chi connectivity index (χ4n) is 1.87. The number of carbonyl (C=O) groups excluding carboxylic acids is 1. The van der Waals surface area contributed by atoms with Crippen LogP contribution in [-0.4, -0.2) is 20.7 Å². The molecule has 0 aliphatic rings. The first-order valence-corrected chi connectivity index (χ1v) is 6.41. The normalized spacial score (nSPS) is 12.2. The van der Waals surface area contributed by atoms with Gasteiger partial charge in [0.05, 0.1) is 12.5 Å². The van der Waals surface area contributed by atoms with E-state index in [1.807, 2.05) is 6.92 Å². The second-order valence-corrected chi connectivity index (χ2v) is 4.82. The number of halogens is 1. The lowest BCUT2D eigenvalue weighted by Crippen LogP contribution is -2.31. The van der Waals surface area contributed by atoms with E-state index < -0.39 is 0 Å². The summed E-state index contributed by atoms with van der Waals surface area (Å²) in [7, 11) is 0. The van der Waals surface area contributed by atoms with Crippen LogP contribution in [0.3, 0.4) is 0 Å². The van der Waals surface area contributed by atoms with Gasteiger partial charge in [0, 0.05) is 6.54 Å². The Morgan fingerprint density at radius 1 is 1.50 bits per heavy atom. The number of hydrogen-bond acceptors (Lipinski definition) is 3. The van der Waals surface area contributed by atoms with Crippen LogP contribution in [-0.2, 0) is 17.9 Å². The van der Waals surface area contributed by atoms with E-state index in [1.54, 1.807) is 30.1 Å². The molecule has 0 radical (unpaired) electrons. The maximum atomic E-state index is 13.1. The van der Waals surface area contributed by atoms with Crippen LogP contribution < -0.4 is 5.32 Å². The van der Waals surface area contributed by atoms with Crippen LogP contribution in [0.25, 0.3) is 0 Å². The molecule has 1 amide bonds. The molecule has 1 heterocycles. The van der Waals surface area contributed by atoms with Crippen LogP contribution in [0.15, 0.2) is 30.9 Å². The maximum absolute atomic E-state index is 13.1. The minimum Gasteiger partial charge on any atom is -0.352 e. The lowest BCUT2D eigenvalue weighted by molar-refractivity contribution is -0.125. The standard InChI is InChI=1S/C14H17FN4O/c1-10-5-12(3-4-13(10)15)6-17-14(20)11(2)7-19-9-16-8-18-19/h3-5,8-9,11H,6-7H2,1-2H3,(H,17,20). The summed E-state index contributed by atoms with van der Waals surface area (Å²) in [6.45, 7) is 4.40. The van der Waals surface area contributed by atoms with Gasteiger partial charge >= 0.3 is 0 Å². The summed E-state index contributed by atoms with van der Waals surface area (Å²) >= 11 is 0. The van der Waals surface area contributed by atoms with Crippen molar-refractivity contribution in [2.75, 3.05) is 0 Å². The molecule has 106 valence electrons. The van der Waals surface area contributed by atoms with E-state index >= 15 is 0 Å². The Morgan fingerprint density at radius 2 is 2.30 bits per heavy atom. The van der Waals surface area contributed by atoms with Gasteiger partial charge in [-0.05, 0) is 24.1 Å². The lowest BCUT2D eigenvalue weighted by Gasteiger charge is -2.12. The van der Waals surface area contributed by atoms with Gasteiger partial charge in [-0.15, -0.1) is 0 Å². The highest BCUT2D eigenvalue weighted by Crippen LogP contribution is 2.09. The third-order valence-electron chi connectivity index (χ3n) is 3.06. The number of carbonyl (C=O) groups is 1. The van der Waals surface area contributed by atoms with Crippen molar-refractivity contribution in [2.45, 2.75) is 26.9 Å². The van der Waals surface area contributed by atoms with E-state index in [0.717, 1.165) is 5.56 Å². The molecule has 0 bridgehead atoms. The topological polar surface area (TPSA) is 59.8 Å². The van der Waals surface area contributed by atoms with Crippen LogP contribution in [0.2, 0.25) is 0 Å². The number of aromatic nitrogens is 3. The fraction of sp³-hybridized carbons (Fsp3) is 0.357. The highest BCUT2D eigenvalue weighted by atomic mass is 19.1. The molecule has 0 aliphatic carbocycles. The van der Waals surface area contributed by atoms with Crippen molar-refractivity contribution >= 4 is 5.91 Å². The van der Waals surface area contributed by atoms with Crippen LogP contribution in [0.4, 0.5) is 4.39 Å². The van der Waals surface area contributed by atoms with Gasteiger partial charge < -0.3 is 5.32 Å². The first kappa shape index (κ1) is 14.2. The van der Waals surface area contributed by atoms with E-state index in [-0.39, 0.29) is 17.6 Å². The molecule has 1 atom stereocenters. The highest BCUT2D eigenvalue weighted by molar-refractivity contribution is 5.78. The first-order valence-electron chi connectivity index (χ1n) is 6.41. The summed E-state index contributed by atoms with van der Waals surface area (Å²) in [4.78, 5) is 15.8. The minimum atomic E-state index is -0.236. The van der Waals surface area contributed by atoms with Crippen molar-refractivity contribution < 1.29 is 9.18 Å². The predicted molar refractivity (Wildman–Crippen MR) is 72.2 cm³/mol. The number of benzene rings is 1. The quantitative estimate of drug-likeness (QED) is 0.904. The number of rotatable bonds is 5. The van der Waals surface area contributed by atoms with Crippen LogP contribution in [0.5, 0.6) is 0 Å². The van der Waals surface area contributed by atoms with Gasteiger partial charge in [-0.2, -0.15) is 5.10 Å². The molecule has 5 nitrogen and oxygen atoms in total. The second kappa shape index (κ2) is 6.27. The van der Waals surface area contributed by atoms with Gasteiger partial charge in [0.1, 0.15) is 18.5 Å². The zero-order valence-corrected chi connectivity index (χ0v) is 11.5. The first-order chi connectivity index (χ1) is 9.56. The predicted octanol–water partition coefficient (Wildman–Crippen LogP) is 1.68. The zero-order chi connectivity index (χ0) is 14.5. The minimum absolute atomic E-state index is 0.0671. The molecular weight excluding hydrogens is 259 g/mol. The molecule has 1 aromatic heterocycles. The molecule has 20 heavy (non-hydrogen) atoms. The van der Waals surface area contributed by atoms with Gasteiger partial charge in [-0.1, -0.05) is 19.1 Å². The maximum Gasteiger partial charge on any atom is 0.224 e. The molecule has 1 unspecified atom stereocenters. The van der Waals surface area contributed by atoms with Gasteiger partial charge in [-0.25, -0.2) is 9.37 Å². The van der Waals surface area contributed by atoms with Crippen molar-refractivity contribution in [3.05, 3.63) is 47.8 Å². The van der Waals surface area contributed by atoms with E-state index in [4.69, 9.17) is 0 Å². The van der Waals surface area contributed by atoms with Gasteiger partial charge in [0.25, 0.3) is 0 Å². The Morgan fingerprint density at radius 3 is 2.95 bits per heavy atom. The smallest absolute Gasteiger partial charge is 0.224 e. The van der Waals surface area contributed by atoms with Crippen molar-refractivity contribution in [1.82, 2.24) is 20.1 Å². The van der Waals surface area contributed by atoms with Gasteiger partial charge in [0.15, 0.2) is 0 Å². The summed E-state index contributed by atoms with van der Waals surface area (Å²) in [6, 6.07) is 4.82. The molecular formula is C14H17FN4O. The third kappa shape index (κ3) is 3.63. The molecule has 2 aromatic rings. The molecule has 0 spiro atoms. The Hall–Kier alpha value is -2.24. The second-order valence-electron chi connectivity index (χ2n) is 4.82. The third-order valence-corrected chi connectivity index (χ3v) is 3.06. The number of amides is 1. The molecule has 6 heteroatoms. The molecule has 1 N–H and O–H groups in total. The summed E-state index contributed by atoms with van der Waals surface area (Å²) < 4.78 is 14.8. The van der Waals surface area contributed by atoms with E-state index in [1.165, 1.54) is 12.4 Å². The van der Waals surface area contributed by atoms with Crippen molar-refractivity contribution in [3.63, 3.8) is 0 Å². The summed E-state index contributed by atoms with van der Waals surface area (Å²) in [5, 5.41) is 6.80. The van der Waals surface area contributed by atoms with Gasteiger partial charge in [0.2, 0.25) is 5.91 Å². The monoisotopic (exact) mass is 276 g/mol. The molecule has 0 fully saturated rings. The van der Waals surface area contributed by atoms with Crippen LogP contribution in [0, 0.1) is 18.7 Å². The molecule has 1 aromatic carbocycles. The highest BCUT2D eigenvalue weighted by Gasteiger charge is 2.13. The van der Waals surface area contributed by atoms with Crippen molar-refractivity contribution in [2.24, 2.45) is 5.92 Å². The fourth-order valence-corrected chi connectivity index (χ4v) is 1.87. The average molecular weight is 276 g/mol. The summed E-state index contributed by atoms with van der Waals surface area (Å²) in [5.41, 5.74) is 1.46. The lowest BCUT2D eigenvalue weighted by atomic mass is 10.1. The number of hydrogen-bond donors (Lipinski definition) is 1. The molecule has 2 rings (SSSR count). The number of nitrogens with zero attached hydrogens (tertiary/aromatic N) is 3. The largest absolute Gasteiger partial charge is 0.352 e. The van der Waals surface area contributed by atoms with Gasteiger partial charge in [-0.3, -0.25) is 9.48 Å². The zero-order valence-electron chi connectivity index (χ0n) is 11.5. The Labute approximate surface area is 116 Å². The Bertz CT molecular complexity index is 583. The Balaban J connectivity index is 1.86.